The maximum Gasteiger partial charge on any atom is 0.0737 e. The molecule has 2 aromatic carbocycles. The molecule has 3 aromatic rings. The standard InChI is InChI=1S/C17H16ClN3/c18-14-5-6-15-16(7-8-20-17(15)9-14)21-11-13-4-2-1-3-12(13)10-19/h1-9H,10-11,19H2,(H,20,21). The van der Waals surface area contributed by atoms with E-state index in [4.69, 9.17) is 17.3 Å². The van der Waals surface area contributed by atoms with Crippen molar-refractivity contribution in [2.75, 3.05) is 5.32 Å². The number of anilines is 1. The summed E-state index contributed by atoms with van der Waals surface area (Å²) in [6.07, 6.45) is 1.79. The van der Waals surface area contributed by atoms with Crippen molar-refractivity contribution in [2.45, 2.75) is 13.1 Å². The van der Waals surface area contributed by atoms with Gasteiger partial charge in [0.1, 0.15) is 0 Å². The van der Waals surface area contributed by atoms with Gasteiger partial charge >= 0.3 is 0 Å². The smallest absolute Gasteiger partial charge is 0.0737 e. The van der Waals surface area contributed by atoms with E-state index in [9.17, 15) is 0 Å². The lowest BCUT2D eigenvalue weighted by atomic mass is 10.1. The van der Waals surface area contributed by atoms with Crippen molar-refractivity contribution in [1.82, 2.24) is 4.98 Å². The van der Waals surface area contributed by atoms with Crippen molar-refractivity contribution < 1.29 is 0 Å². The molecule has 0 radical (unpaired) electrons. The van der Waals surface area contributed by atoms with E-state index in [1.165, 1.54) is 5.56 Å². The molecule has 106 valence electrons. The second-order valence-corrected chi connectivity index (χ2v) is 5.28. The van der Waals surface area contributed by atoms with Gasteiger partial charge in [-0.3, -0.25) is 4.98 Å². The summed E-state index contributed by atoms with van der Waals surface area (Å²) in [6.45, 7) is 1.28. The van der Waals surface area contributed by atoms with Crippen LogP contribution in [-0.2, 0) is 13.1 Å². The van der Waals surface area contributed by atoms with Crippen LogP contribution in [0.1, 0.15) is 11.1 Å². The first-order valence-electron chi connectivity index (χ1n) is 6.83. The lowest BCUT2D eigenvalue weighted by Gasteiger charge is -2.12. The third kappa shape index (κ3) is 2.99. The minimum Gasteiger partial charge on any atom is -0.380 e. The molecule has 0 spiro atoms. The number of nitrogens with one attached hydrogen (secondary N) is 1. The van der Waals surface area contributed by atoms with Crippen molar-refractivity contribution >= 4 is 28.2 Å². The molecule has 0 amide bonds. The lowest BCUT2D eigenvalue weighted by molar-refractivity contribution is 1.01. The third-order valence-electron chi connectivity index (χ3n) is 3.51. The van der Waals surface area contributed by atoms with E-state index in [0.717, 1.165) is 28.7 Å². The zero-order chi connectivity index (χ0) is 14.7. The van der Waals surface area contributed by atoms with Crippen LogP contribution in [0.4, 0.5) is 5.69 Å². The predicted molar refractivity (Wildman–Crippen MR) is 88.4 cm³/mol. The van der Waals surface area contributed by atoms with Crippen molar-refractivity contribution in [3.8, 4) is 0 Å². The Morgan fingerprint density at radius 2 is 1.86 bits per heavy atom. The highest BCUT2D eigenvalue weighted by Crippen LogP contribution is 2.25. The summed E-state index contributed by atoms with van der Waals surface area (Å²) in [6, 6.07) is 15.9. The zero-order valence-electron chi connectivity index (χ0n) is 11.5. The number of aromatic nitrogens is 1. The molecule has 0 atom stereocenters. The molecule has 0 unspecified atom stereocenters. The molecule has 0 saturated carbocycles. The lowest BCUT2D eigenvalue weighted by Crippen LogP contribution is -2.06. The third-order valence-corrected chi connectivity index (χ3v) is 3.75. The van der Waals surface area contributed by atoms with E-state index in [1.807, 2.05) is 36.4 Å². The molecule has 0 aliphatic heterocycles. The van der Waals surface area contributed by atoms with Crippen LogP contribution in [0.3, 0.4) is 0 Å². The molecular formula is C17H16ClN3. The minimum atomic E-state index is 0.546. The number of fused-ring (bicyclic) bond motifs is 1. The molecule has 0 aliphatic carbocycles. The molecule has 0 bridgehead atoms. The van der Waals surface area contributed by atoms with Crippen molar-refractivity contribution in [3.05, 3.63) is 70.9 Å². The highest BCUT2D eigenvalue weighted by atomic mass is 35.5. The summed E-state index contributed by atoms with van der Waals surface area (Å²) >= 11 is 6.01. The van der Waals surface area contributed by atoms with E-state index in [0.29, 0.717) is 11.6 Å². The molecule has 0 aliphatic rings. The van der Waals surface area contributed by atoms with Gasteiger partial charge in [0.2, 0.25) is 0 Å². The summed E-state index contributed by atoms with van der Waals surface area (Å²) < 4.78 is 0. The largest absolute Gasteiger partial charge is 0.380 e. The second kappa shape index (κ2) is 6.12. The number of benzene rings is 2. The Morgan fingerprint density at radius 1 is 1.05 bits per heavy atom. The van der Waals surface area contributed by atoms with Gasteiger partial charge in [-0.05, 0) is 35.4 Å². The number of hydrogen-bond donors (Lipinski definition) is 2. The molecule has 3 nitrogen and oxygen atoms in total. The van der Waals surface area contributed by atoms with Gasteiger partial charge in [-0.15, -0.1) is 0 Å². The molecule has 0 fully saturated rings. The summed E-state index contributed by atoms with van der Waals surface area (Å²) in [5.74, 6) is 0. The maximum atomic E-state index is 6.01. The number of hydrogen-bond acceptors (Lipinski definition) is 3. The summed E-state index contributed by atoms with van der Waals surface area (Å²) in [5, 5.41) is 5.22. The Morgan fingerprint density at radius 3 is 2.67 bits per heavy atom. The fourth-order valence-electron chi connectivity index (χ4n) is 2.39. The summed E-state index contributed by atoms with van der Waals surface area (Å²) in [5.41, 5.74) is 10.1. The summed E-state index contributed by atoms with van der Waals surface area (Å²) in [7, 11) is 0. The van der Waals surface area contributed by atoms with Crippen LogP contribution in [0.2, 0.25) is 5.02 Å². The van der Waals surface area contributed by atoms with Crippen molar-refractivity contribution in [1.29, 1.82) is 0 Å². The second-order valence-electron chi connectivity index (χ2n) is 4.85. The van der Waals surface area contributed by atoms with Crippen molar-refractivity contribution in [2.24, 2.45) is 5.73 Å². The van der Waals surface area contributed by atoms with Gasteiger partial charge in [0.15, 0.2) is 0 Å². The highest BCUT2D eigenvalue weighted by Gasteiger charge is 2.04. The number of rotatable bonds is 4. The molecule has 21 heavy (non-hydrogen) atoms. The van der Waals surface area contributed by atoms with E-state index >= 15 is 0 Å². The SMILES string of the molecule is NCc1ccccc1CNc1ccnc2cc(Cl)ccc12. The van der Waals surface area contributed by atoms with Crippen LogP contribution in [0.15, 0.2) is 54.7 Å². The van der Waals surface area contributed by atoms with Gasteiger partial charge < -0.3 is 11.1 Å². The molecule has 4 heteroatoms. The van der Waals surface area contributed by atoms with Gasteiger partial charge in [-0.25, -0.2) is 0 Å². The van der Waals surface area contributed by atoms with Gasteiger partial charge in [-0.1, -0.05) is 35.9 Å². The highest BCUT2D eigenvalue weighted by molar-refractivity contribution is 6.31. The number of pyridine rings is 1. The molecule has 0 saturated heterocycles. The van der Waals surface area contributed by atoms with Gasteiger partial charge in [-0.2, -0.15) is 0 Å². The van der Waals surface area contributed by atoms with Crippen LogP contribution < -0.4 is 11.1 Å². The van der Waals surface area contributed by atoms with Crippen LogP contribution in [-0.4, -0.2) is 4.98 Å². The van der Waals surface area contributed by atoms with Crippen LogP contribution >= 0.6 is 11.6 Å². The van der Waals surface area contributed by atoms with E-state index in [-0.39, 0.29) is 0 Å². The molecule has 3 N–H and O–H groups in total. The van der Waals surface area contributed by atoms with Gasteiger partial charge in [0.05, 0.1) is 5.52 Å². The molecule has 1 heterocycles. The van der Waals surface area contributed by atoms with E-state index in [1.54, 1.807) is 6.20 Å². The normalized spacial score (nSPS) is 10.8. The average molecular weight is 298 g/mol. The molecular weight excluding hydrogens is 282 g/mol. The first kappa shape index (κ1) is 13.9. The fraction of sp³-hybridized carbons (Fsp3) is 0.118. The maximum absolute atomic E-state index is 6.01. The Kier molecular flexibility index (Phi) is 4.04. The molecule has 3 rings (SSSR count). The Labute approximate surface area is 128 Å². The fourth-order valence-corrected chi connectivity index (χ4v) is 2.56. The first-order valence-corrected chi connectivity index (χ1v) is 7.21. The first-order chi connectivity index (χ1) is 10.3. The topological polar surface area (TPSA) is 50.9 Å². The van der Waals surface area contributed by atoms with Crippen LogP contribution in [0.5, 0.6) is 0 Å². The van der Waals surface area contributed by atoms with Crippen LogP contribution in [0, 0.1) is 0 Å². The zero-order valence-corrected chi connectivity index (χ0v) is 12.3. The van der Waals surface area contributed by atoms with E-state index in [2.05, 4.69) is 22.4 Å². The quantitative estimate of drug-likeness (QED) is 0.766. The Bertz CT molecular complexity index is 771. The predicted octanol–water partition coefficient (Wildman–Crippen LogP) is 3.96. The van der Waals surface area contributed by atoms with Crippen LogP contribution in [0.25, 0.3) is 10.9 Å². The number of halogens is 1. The van der Waals surface area contributed by atoms with Gasteiger partial charge in [0, 0.05) is 35.4 Å². The van der Waals surface area contributed by atoms with Gasteiger partial charge in [0.25, 0.3) is 0 Å². The average Bonchev–Trinajstić information content (AvgIpc) is 2.52. The Hall–Kier alpha value is -2.10. The minimum absolute atomic E-state index is 0.546. The Balaban J connectivity index is 1.88. The van der Waals surface area contributed by atoms with E-state index < -0.39 is 0 Å². The number of nitrogens with zero attached hydrogens (tertiary/aromatic N) is 1. The number of nitrogens with two attached hydrogens (primary N) is 1. The summed E-state index contributed by atoms with van der Waals surface area (Å²) in [4.78, 5) is 4.35. The van der Waals surface area contributed by atoms with Crippen molar-refractivity contribution in [3.63, 3.8) is 0 Å². The molecule has 1 aromatic heterocycles. The monoisotopic (exact) mass is 297 g/mol.